The van der Waals surface area contributed by atoms with E-state index in [0.717, 1.165) is 11.1 Å². The van der Waals surface area contributed by atoms with Crippen molar-refractivity contribution in [1.29, 1.82) is 0 Å². The first-order valence-corrected chi connectivity index (χ1v) is 9.82. The van der Waals surface area contributed by atoms with Crippen molar-refractivity contribution in [3.8, 4) is 11.3 Å². The molecule has 0 aliphatic carbocycles. The molecule has 0 saturated heterocycles. The summed E-state index contributed by atoms with van der Waals surface area (Å²) in [7, 11) is 1.93. The zero-order chi connectivity index (χ0) is 19.0. The third-order valence-corrected chi connectivity index (χ3v) is 5.90. The number of H-pyrrole nitrogens is 1. The molecule has 0 spiro atoms. The van der Waals surface area contributed by atoms with Crippen LogP contribution in [-0.2, 0) is 13.1 Å². The van der Waals surface area contributed by atoms with Crippen LogP contribution in [0.4, 0.5) is 0 Å². The van der Waals surface area contributed by atoms with E-state index in [-0.39, 0.29) is 5.56 Å². The largest absolute Gasteiger partial charge is 0.464 e. The van der Waals surface area contributed by atoms with Crippen molar-refractivity contribution in [2.45, 2.75) is 13.1 Å². The number of benzene rings is 1. The summed E-state index contributed by atoms with van der Waals surface area (Å²) in [6, 6.07) is 9.18. The molecule has 8 heteroatoms. The van der Waals surface area contributed by atoms with Crippen molar-refractivity contribution in [1.82, 2.24) is 14.9 Å². The Balaban J connectivity index is 1.59. The summed E-state index contributed by atoms with van der Waals surface area (Å²) >= 11 is 13.8. The van der Waals surface area contributed by atoms with E-state index in [1.165, 1.54) is 11.3 Å². The molecule has 0 fully saturated rings. The van der Waals surface area contributed by atoms with Gasteiger partial charge in [0.2, 0.25) is 0 Å². The first kappa shape index (κ1) is 18.3. The Hall–Kier alpha value is -2.12. The first-order chi connectivity index (χ1) is 13.0. The van der Waals surface area contributed by atoms with Gasteiger partial charge >= 0.3 is 0 Å². The van der Waals surface area contributed by atoms with Gasteiger partial charge in [0.05, 0.1) is 28.2 Å². The topological polar surface area (TPSA) is 62.1 Å². The molecule has 138 valence electrons. The minimum Gasteiger partial charge on any atom is -0.464 e. The Morgan fingerprint density at radius 1 is 1.22 bits per heavy atom. The highest BCUT2D eigenvalue weighted by Gasteiger charge is 2.15. The molecule has 0 atom stereocenters. The molecule has 4 rings (SSSR count). The Morgan fingerprint density at radius 2 is 2.07 bits per heavy atom. The maximum atomic E-state index is 12.6. The van der Waals surface area contributed by atoms with Gasteiger partial charge in [0.25, 0.3) is 5.56 Å². The van der Waals surface area contributed by atoms with Crippen LogP contribution in [0.2, 0.25) is 10.0 Å². The van der Waals surface area contributed by atoms with Crippen LogP contribution in [0.3, 0.4) is 0 Å². The van der Waals surface area contributed by atoms with Crippen molar-refractivity contribution >= 4 is 44.8 Å². The van der Waals surface area contributed by atoms with Crippen molar-refractivity contribution in [3.05, 3.63) is 73.8 Å². The molecule has 1 N–H and O–H groups in total. The summed E-state index contributed by atoms with van der Waals surface area (Å²) in [5.41, 5.74) is 1.52. The van der Waals surface area contributed by atoms with E-state index in [0.29, 0.717) is 44.9 Å². The summed E-state index contributed by atoms with van der Waals surface area (Å²) in [4.78, 5) is 22.8. The molecule has 0 amide bonds. The zero-order valence-electron chi connectivity index (χ0n) is 14.3. The highest BCUT2D eigenvalue weighted by atomic mass is 35.5. The van der Waals surface area contributed by atoms with Gasteiger partial charge in [0, 0.05) is 17.5 Å². The average Bonchev–Trinajstić information content (AvgIpc) is 3.28. The molecule has 0 aliphatic heterocycles. The van der Waals surface area contributed by atoms with E-state index >= 15 is 0 Å². The summed E-state index contributed by atoms with van der Waals surface area (Å²) in [5, 5.41) is 3.52. The van der Waals surface area contributed by atoms with E-state index in [9.17, 15) is 4.79 Å². The summed E-state index contributed by atoms with van der Waals surface area (Å²) in [5.74, 6) is 1.26. The van der Waals surface area contributed by atoms with Crippen molar-refractivity contribution in [2.75, 3.05) is 7.05 Å². The molecule has 1 aromatic carbocycles. The van der Waals surface area contributed by atoms with Gasteiger partial charge in [-0.1, -0.05) is 35.3 Å². The van der Waals surface area contributed by atoms with Gasteiger partial charge in [0.15, 0.2) is 0 Å². The number of aromatic nitrogens is 2. The maximum Gasteiger partial charge on any atom is 0.260 e. The quantitative estimate of drug-likeness (QED) is 0.483. The third kappa shape index (κ3) is 3.66. The molecular formula is C19H15Cl2N3O2S. The van der Waals surface area contributed by atoms with Crippen LogP contribution < -0.4 is 5.56 Å². The first-order valence-electron chi connectivity index (χ1n) is 8.18. The number of fused-ring (bicyclic) bond motifs is 1. The van der Waals surface area contributed by atoms with E-state index < -0.39 is 0 Å². The highest BCUT2D eigenvalue weighted by molar-refractivity contribution is 7.17. The molecule has 3 heterocycles. The maximum absolute atomic E-state index is 12.6. The Labute approximate surface area is 169 Å². The van der Waals surface area contributed by atoms with Gasteiger partial charge in [0.1, 0.15) is 16.4 Å². The van der Waals surface area contributed by atoms with Crippen LogP contribution in [0.15, 0.2) is 51.2 Å². The second kappa shape index (κ2) is 7.48. The zero-order valence-corrected chi connectivity index (χ0v) is 16.7. The molecule has 0 aliphatic rings. The summed E-state index contributed by atoms with van der Waals surface area (Å²) in [6.45, 7) is 1.06. The van der Waals surface area contributed by atoms with Crippen molar-refractivity contribution in [2.24, 2.45) is 0 Å². The fourth-order valence-corrected chi connectivity index (χ4v) is 4.28. The van der Waals surface area contributed by atoms with Crippen LogP contribution in [0, 0.1) is 0 Å². The Bertz CT molecular complexity index is 1150. The lowest BCUT2D eigenvalue weighted by Gasteiger charge is -2.17. The number of furan rings is 1. The molecule has 0 radical (unpaired) electrons. The standard InChI is InChI=1S/C19H15Cl2N3O2S/c1-24(8-11-4-2-5-13(20)17(11)21)9-15-22-18(25)16-12(10-27-19(16)23-15)14-6-3-7-26-14/h2-7,10H,8-9H2,1H3,(H,22,23,25). The SMILES string of the molecule is CN(Cc1nc2scc(-c3ccco3)c2c(=O)[nH]1)Cc1cccc(Cl)c1Cl. The average molecular weight is 420 g/mol. The van der Waals surface area contributed by atoms with Gasteiger partial charge in [-0.25, -0.2) is 4.98 Å². The van der Waals surface area contributed by atoms with E-state index in [1.54, 1.807) is 18.4 Å². The van der Waals surface area contributed by atoms with Gasteiger partial charge in [-0.15, -0.1) is 11.3 Å². The molecule has 0 saturated carbocycles. The van der Waals surface area contributed by atoms with Gasteiger partial charge in [-0.2, -0.15) is 0 Å². The minimum atomic E-state index is -0.170. The number of hydrogen-bond acceptors (Lipinski definition) is 5. The molecule has 0 unspecified atom stereocenters. The van der Waals surface area contributed by atoms with Gasteiger partial charge < -0.3 is 9.40 Å². The Kier molecular flexibility index (Phi) is 5.06. The van der Waals surface area contributed by atoms with E-state index in [1.807, 2.05) is 35.5 Å². The molecule has 5 nitrogen and oxygen atoms in total. The van der Waals surface area contributed by atoms with Crippen LogP contribution in [0.5, 0.6) is 0 Å². The monoisotopic (exact) mass is 419 g/mol. The number of hydrogen-bond donors (Lipinski definition) is 1. The van der Waals surface area contributed by atoms with Crippen molar-refractivity contribution < 1.29 is 4.42 Å². The predicted octanol–water partition coefficient (Wildman–Crippen LogP) is 5.18. The van der Waals surface area contributed by atoms with Crippen LogP contribution >= 0.6 is 34.5 Å². The van der Waals surface area contributed by atoms with E-state index in [4.69, 9.17) is 27.6 Å². The number of halogens is 2. The van der Waals surface area contributed by atoms with Crippen molar-refractivity contribution in [3.63, 3.8) is 0 Å². The van der Waals surface area contributed by atoms with Crippen LogP contribution in [-0.4, -0.2) is 21.9 Å². The van der Waals surface area contributed by atoms with Gasteiger partial charge in [-0.05, 0) is 30.8 Å². The fourth-order valence-electron chi connectivity index (χ4n) is 2.95. The van der Waals surface area contributed by atoms with Crippen LogP contribution in [0.1, 0.15) is 11.4 Å². The number of thiophene rings is 1. The number of nitrogens with one attached hydrogen (secondary N) is 1. The Morgan fingerprint density at radius 3 is 2.85 bits per heavy atom. The lowest BCUT2D eigenvalue weighted by Crippen LogP contribution is -2.21. The van der Waals surface area contributed by atoms with Crippen LogP contribution in [0.25, 0.3) is 21.5 Å². The smallest absolute Gasteiger partial charge is 0.260 e. The number of aromatic amines is 1. The van der Waals surface area contributed by atoms with E-state index in [2.05, 4.69) is 9.97 Å². The van der Waals surface area contributed by atoms with Gasteiger partial charge in [-0.3, -0.25) is 9.69 Å². The normalized spacial score (nSPS) is 11.6. The summed E-state index contributed by atoms with van der Waals surface area (Å²) < 4.78 is 5.42. The molecule has 27 heavy (non-hydrogen) atoms. The second-order valence-electron chi connectivity index (χ2n) is 6.20. The molecule has 0 bridgehead atoms. The lowest BCUT2D eigenvalue weighted by molar-refractivity contribution is 0.311. The molecule has 4 aromatic rings. The highest BCUT2D eigenvalue weighted by Crippen LogP contribution is 2.31. The minimum absolute atomic E-state index is 0.170. The summed E-state index contributed by atoms with van der Waals surface area (Å²) in [6.07, 6.45) is 1.59. The second-order valence-corrected chi connectivity index (χ2v) is 7.85. The molecular weight excluding hydrogens is 405 g/mol. The fraction of sp³-hybridized carbons (Fsp3) is 0.158. The predicted molar refractivity (Wildman–Crippen MR) is 110 cm³/mol. The molecule has 3 aromatic heterocycles. The number of rotatable bonds is 5. The number of nitrogens with zero attached hydrogens (tertiary/aromatic N) is 2. The third-order valence-electron chi connectivity index (χ3n) is 4.17. The lowest BCUT2D eigenvalue weighted by atomic mass is 10.2.